The van der Waals surface area contributed by atoms with E-state index in [1.54, 1.807) is 30.0 Å². The Morgan fingerprint density at radius 1 is 1.36 bits per heavy atom. The number of carbonyl (C=O) groups excluding carboxylic acids is 1. The summed E-state index contributed by atoms with van der Waals surface area (Å²) in [7, 11) is 1.39. The van der Waals surface area contributed by atoms with Crippen molar-refractivity contribution in [2.75, 3.05) is 7.11 Å². The molecule has 9 heteroatoms. The van der Waals surface area contributed by atoms with Crippen molar-refractivity contribution in [3.8, 4) is 0 Å². The molecule has 0 fully saturated rings. The standard InChI is InChI=1S/C16H18N4O2S3/c1-4-20-13(18-19-15(20)24-10(2)14(21)22-3)9-23-16-17-11-7-5-6-8-12(11)25-16/h5-8,10H,4,9H2,1-3H3. The van der Waals surface area contributed by atoms with Crippen LogP contribution in [0.25, 0.3) is 10.2 Å². The van der Waals surface area contributed by atoms with Gasteiger partial charge in [0.2, 0.25) is 0 Å². The number of ether oxygens (including phenoxy) is 1. The number of methoxy groups -OCH3 is 1. The Morgan fingerprint density at radius 3 is 2.88 bits per heavy atom. The van der Waals surface area contributed by atoms with E-state index in [0.717, 1.165) is 27.4 Å². The van der Waals surface area contributed by atoms with E-state index in [9.17, 15) is 4.79 Å². The van der Waals surface area contributed by atoms with Gasteiger partial charge in [-0.1, -0.05) is 35.7 Å². The topological polar surface area (TPSA) is 69.9 Å². The number of thiazole rings is 1. The lowest BCUT2D eigenvalue weighted by molar-refractivity contribution is -0.139. The molecule has 0 saturated heterocycles. The highest BCUT2D eigenvalue weighted by Crippen LogP contribution is 2.32. The molecule has 1 aromatic carbocycles. The molecular weight excluding hydrogens is 376 g/mol. The third-order valence-corrected chi connectivity index (χ3v) is 6.76. The van der Waals surface area contributed by atoms with Gasteiger partial charge in [0.1, 0.15) is 11.1 Å². The average molecular weight is 395 g/mol. The molecule has 0 spiro atoms. The summed E-state index contributed by atoms with van der Waals surface area (Å²) in [6, 6.07) is 8.12. The zero-order chi connectivity index (χ0) is 17.8. The summed E-state index contributed by atoms with van der Waals surface area (Å²) in [5, 5.41) is 8.95. The third kappa shape index (κ3) is 4.16. The maximum atomic E-state index is 11.6. The van der Waals surface area contributed by atoms with Crippen molar-refractivity contribution >= 4 is 51.0 Å². The first-order chi connectivity index (χ1) is 12.1. The second-order valence-electron chi connectivity index (χ2n) is 5.16. The van der Waals surface area contributed by atoms with Crippen molar-refractivity contribution in [3.05, 3.63) is 30.1 Å². The number of thioether (sulfide) groups is 2. The van der Waals surface area contributed by atoms with Gasteiger partial charge in [-0.15, -0.1) is 21.5 Å². The molecule has 25 heavy (non-hydrogen) atoms. The Bertz CT molecular complexity index is 844. The van der Waals surface area contributed by atoms with Gasteiger partial charge in [-0.2, -0.15) is 0 Å². The van der Waals surface area contributed by atoms with Crippen molar-refractivity contribution in [2.24, 2.45) is 0 Å². The lowest BCUT2D eigenvalue weighted by atomic mass is 10.3. The SMILES string of the molecule is CCn1c(CSc2nc3ccccc3s2)nnc1SC(C)C(=O)OC. The summed E-state index contributed by atoms with van der Waals surface area (Å²) in [6.07, 6.45) is 0. The van der Waals surface area contributed by atoms with Crippen LogP contribution in [0.15, 0.2) is 33.8 Å². The first-order valence-corrected chi connectivity index (χ1v) is 10.5. The molecule has 0 aliphatic rings. The summed E-state index contributed by atoms with van der Waals surface area (Å²) in [5.41, 5.74) is 1.02. The van der Waals surface area contributed by atoms with Crippen LogP contribution in [0.5, 0.6) is 0 Å². The van der Waals surface area contributed by atoms with Gasteiger partial charge < -0.3 is 9.30 Å². The molecule has 1 atom stereocenters. The van der Waals surface area contributed by atoms with Gasteiger partial charge in [0.05, 0.1) is 23.1 Å². The van der Waals surface area contributed by atoms with Crippen molar-refractivity contribution in [1.29, 1.82) is 0 Å². The predicted molar refractivity (Wildman–Crippen MR) is 102 cm³/mol. The fourth-order valence-electron chi connectivity index (χ4n) is 2.24. The van der Waals surface area contributed by atoms with Crippen molar-refractivity contribution in [2.45, 2.75) is 40.9 Å². The van der Waals surface area contributed by atoms with Crippen LogP contribution in [0.2, 0.25) is 0 Å². The van der Waals surface area contributed by atoms with Gasteiger partial charge in [0.25, 0.3) is 0 Å². The van der Waals surface area contributed by atoms with Gasteiger partial charge in [0.15, 0.2) is 9.50 Å². The van der Waals surface area contributed by atoms with Gasteiger partial charge in [0, 0.05) is 6.54 Å². The number of aromatic nitrogens is 4. The molecule has 2 heterocycles. The summed E-state index contributed by atoms with van der Waals surface area (Å²) >= 11 is 4.70. The maximum Gasteiger partial charge on any atom is 0.318 e. The van der Waals surface area contributed by atoms with Crippen LogP contribution in [-0.4, -0.2) is 38.1 Å². The van der Waals surface area contributed by atoms with Crippen molar-refractivity contribution < 1.29 is 9.53 Å². The van der Waals surface area contributed by atoms with Gasteiger partial charge >= 0.3 is 5.97 Å². The van der Waals surface area contributed by atoms with Crippen molar-refractivity contribution in [1.82, 2.24) is 19.7 Å². The molecule has 132 valence electrons. The first-order valence-electron chi connectivity index (χ1n) is 7.77. The quantitative estimate of drug-likeness (QED) is 0.445. The molecule has 2 aromatic heterocycles. The summed E-state index contributed by atoms with van der Waals surface area (Å²) < 4.78 is 9.01. The Hall–Kier alpha value is -1.58. The van der Waals surface area contributed by atoms with E-state index in [4.69, 9.17) is 4.74 Å². The lowest BCUT2D eigenvalue weighted by Gasteiger charge is -2.10. The highest BCUT2D eigenvalue weighted by Gasteiger charge is 2.20. The molecule has 0 N–H and O–H groups in total. The first kappa shape index (κ1) is 18.2. The molecular formula is C16H18N4O2S3. The fourth-order valence-corrected chi connectivity index (χ4v) is 5.21. The Labute approximate surface area is 158 Å². The number of esters is 1. The Balaban J connectivity index is 1.71. The van der Waals surface area contributed by atoms with Crippen LogP contribution >= 0.6 is 34.9 Å². The largest absolute Gasteiger partial charge is 0.468 e. The lowest BCUT2D eigenvalue weighted by Crippen LogP contribution is -2.16. The number of nitrogens with zero attached hydrogens (tertiary/aromatic N) is 4. The van der Waals surface area contributed by atoms with E-state index >= 15 is 0 Å². The molecule has 0 aliphatic carbocycles. The molecule has 0 saturated carbocycles. The molecule has 6 nitrogen and oxygen atoms in total. The van der Waals surface area contributed by atoms with Crippen LogP contribution in [-0.2, 0) is 21.8 Å². The molecule has 0 aliphatic heterocycles. The molecule has 0 amide bonds. The average Bonchev–Trinajstić information content (AvgIpc) is 3.21. The normalized spacial score (nSPS) is 12.4. The van der Waals surface area contributed by atoms with Crippen LogP contribution < -0.4 is 0 Å². The van der Waals surface area contributed by atoms with Crippen LogP contribution in [0.3, 0.4) is 0 Å². The zero-order valence-electron chi connectivity index (χ0n) is 14.1. The third-order valence-electron chi connectivity index (χ3n) is 3.52. The molecule has 1 unspecified atom stereocenters. The van der Waals surface area contributed by atoms with E-state index in [2.05, 4.69) is 21.2 Å². The molecule has 3 aromatic rings. The number of hydrogen-bond acceptors (Lipinski definition) is 8. The van der Waals surface area contributed by atoms with E-state index < -0.39 is 0 Å². The number of benzene rings is 1. The smallest absolute Gasteiger partial charge is 0.318 e. The number of para-hydroxylation sites is 1. The molecule has 0 bridgehead atoms. The monoisotopic (exact) mass is 394 g/mol. The Kier molecular flexibility index (Phi) is 5.98. The minimum atomic E-state index is -0.315. The van der Waals surface area contributed by atoms with Crippen LogP contribution in [0.1, 0.15) is 19.7 Å². The zero-order valence-corrected chi connectivity index (χ0v) is 16.6. The van der Waals surface area contributed by atoms with Crippen LogP contribution in [0, 0.1) is 0 Å². The Morgan fingerprint density at radius 2 is 2.16 bits per heavy atom. The van der Waals surface area contributed by atoms with Gasteiger partial charge in [-0.25, -0.2) is 4.98 Å². The van der Waals surface area contributed by atoms with Gasteiger partial charge in [-0.05, 0) is 26.0 Å². The van der Waals surface area contributed by atoms with E-state index in [1.807, 2.05) is 29.7 Å². The highest BCUT2D eigenvalue weighted by atomic mass is 32.2. The number of carbonyl (C=O) groups is 1. The van der Waals surface area contributed by atoms with Crippen molar-refractivity contribution in [3.63, 3.8) is 0 Å². The van der Waals surface area contributed by atoms with E-state index in [0.29, 0.717) is 5.75 Å². The minimum Gasteiger partial charge on any atom is -0.468 e. The second-order valence-corrected chi connectivity index (χ2v) is 8.72. The summed E-state index contributed by atoms with van der Waals surface area (Å²) in [6.45, 7) is 4.60. The van der Waals surface area contributed by atoms with E-state index in [-0.39, 0.29) is 11.2 Å². The van der Waals surface area contributed by atoms with Gasteiger partial charge in [-0.3, -0.25) is 4.79 Å². The molecule has 3 rings (SSSR count). The maximum absolute atomic E-state index is 11.6. The van der Waals surface area contributed by atoms with Crippen LogP contribution in [0.4, 0.5) is 0 Å². The molecule has 0 radical (unpaired) electrons. The number of rotatable bonds is 7. The van der Waals surface area contributed by atoms with E-state index in [1.165, 1.54) is 23.6 Å². The highest BCUT2D eigenvalue weighted by molar-refractivity contribution is 8.00. The second kappa shape index (κ2) is 8.20. The minimum absolute atomic E-state index is 0.263. The predicted octanol–water partition coefficient (Wildman–Crippen LogP) is 3.85. The fraction of sp³-hybridized carbons (Fsp3) is 0.375. The summed E-state index contributed by atoms with van der Waals surface area (Å²) in [4.78, 5) is 16.2. The number of fused-ring (bicyclic) bond motifs is 1. The number of hydrogen-bond donors (Lipinski definition) is 0. The summed E-state index contributed by atoms with van der Waals surface area (Å²) in [5.74, 6) is 1.31.